The van der Waals surface area contributed by atoms with E-state index in [4.69, 9.17) is 15.1 Å². The third-order valence-electron chi connectivity index (χ3n) is 1.28. The van der Waals surface area contributed by atoms with Crippen molar-refractivity contribution in [2.24, 2.45) is 5.16 Å². The lowest BCUT2D eigenvalue weighted by atomic mass is 10.2. The van der Waals surface area contributed by atoms with Gasteiger partial charge in [-0.3, -0.25) is 0 Å². The Balaban J connectivity index is 3.32. The molecule has 0 saturated heterocycles. The number of aliphatic hydroxyl groups is 1. The van der Waals surface area contributed by atoms with Gasteiger partial charge in [0.05, 0.1) is 25.5 Å². The largest absolute Gasteiger partial charge is 0.411 e. The molecule has 0 spiro atoms. The highest BCUT2D eigenvalue weighted by molar-refractivity contribution is 5.57. The van der Waals surface area contributed by atoms with Gasteiger partial charge in [-0.15, -0.1) is 0 Å². The van der Waals surface area contributed by atoms with Crippen molar-refractivity contribution >= 4 is 6.21 Å². The SMILES string of the molecule is C[C@@H](C/C=C/CO)OC/C=N\O. The van der Waals surface area contributed by atoms with Crippen LogP contribution in [0.2, 0.25) is 0 Å². The first-order valence-electron chi connectivity index (χ1n) is 3.84. The minimum atomic E-state index is 0.0603. The summed E-state index contributed by atoms with van der Waals surface area (Å²) in [4.78, 5) is 0. The molecule has 0 saturated carbocycles. The van der Waals surface area contributed by atoms with Crippen molar-refractivity contribution in [1.29, 1.82) is 0 Å². The molecule has 0 aromatic carbocycles. The van der Waals surface area contributed by atoms with E-state index in [2.05, 4.69) is 5.16 Å². The van der Waals surface area contributed by atoms with Crippen LogP contribution in [0.4, 0.5) is 0 Å². The van der Waals surface area contributed by atoms with Gasteiger partial charge in [-0.1, -0.05) is 17.3 Å². The molecular formula is C8H15NO3. The molecule has 0 heterocycles. The Bertz CT molecular complexity index is 145. The first-order valence-corrected chi connectivity index (χ1v) is 3.84. The van der Waals surface area contributed by atoms with E-state index in [1.807, 2.05) is 13.0 Å². The molecule has 0 fully saturated rings. The summed E-state index contributed by atoms with van der Waals surface area (Å²) in [5, 5.41) is 19.2. The number of hydrogen-bond acceptors (Lipinski definition) is 4. The molecular weight excluding hydrogens is 158 g/mol. The summed E-state index contributed by atoms with van der Waals surface area (Å²) in [7, 11) is 0. The van der Waals surface area contributed by atoms with Crippen LogP contribution in [-0.2, 0) is 4.74 Å². The number of ether oxygens (including phenoxy) is 1. The first kappa shape index (κ1) is 11.1. The van der Waals surface area contributed by atoms with Crippen LogP contribution in [0, 0.1) is 0 Å². The molecule has 0 aliphatic rings. The van der Waals surface area contributed by atoms with Gasteiger partial charge in [-0.2, -0.15) is 0 Å². The molecule has 4 nitrogen and oxygen atoms in total. The highest BCUT2D eigenvalue weighted by atomic mass is 16.5. The molecule has 70 valence electrons. The summed E-state index contributed by atoms with van der Waals surface area (Å²) < 4.78 is 5.19. The zero-order chi connectivity index (χ0) is 9.23. The Hall–Kier alpha value is -0.870. The molecule has 0 amide bonds. The van der Waals surface area contributed by atoms with Gasteiger partial charge in [0.25, 0.3) is 0 Å². The van der Waals surface area contributed by atoms with Gasteiger partial charge >= 0.3 is 0 Å². The van der Waals surface area contributed by atoms with E-state index in [0.717, 1.165) is 6.42 Å². The molecule has 0 rings (SSSR count). The predicted octanol–water partition coefficient (Wildman–Crippen LogP) is 0.790. The normalized spacial score (nSPS) is 14.5. The van der Waals surface area contributed by atoms with Crippen LogP contribution in [0.25, 0.3) is 0 Å². The van der Waals surface area contributed by atoms with Crippen LogP contribution in [0.1, 0.15) is 13.3 Å². The van der Waals surface area contributed by atoms with Gasteiger partial charge in [0.15, 0.2) is 0 Å². The maximum atomic E-state index is 8.41. The van der Waals surface area contributed by atoms with Crippen LogP contribution in [0.5, 0.6) is 0 Å². The highest BCUT2D eigenvalue weighted by Gasteiger charge is 1.96. The minimum Gasteiger partial charge on any atom is -0.411 e. The average Bonchev–Trinajstić information content (AvgIpc) is 2.06. The fourth-order valence-corrected chi connectivity index (χ4v) is 0.671. The van der Waals surface area contributed by atoms with Crippen LogP contribution < -0.4 is 0 Å². The van der Waals surface area contributed by atoms with E-state index < -0.39 is 0 Å². The second-order valence-electron chi connectivity index (χ2n) is 2.33. The second kappa shape index (κ2) is 8.23. The van der Waals surface area contributed by atoms with E-state index in [0.29, 0.717) is 6.61 Å². The first-order chi connectivity index (χ1) is 5.81. The zero-order valence-electron chi connectivity index (χ0n) is 7.18. The van der Waals surface area contributed by atoms with Gasteiger partial charge in [0, 0.05) is 0 Å². The number of hydrogen-bond donors (Lipinski definition) is 2. The zero-order valence-corrected chi connectivity index (χ0v) is 7.18. The van der Waals surface area contributed by atoms with E-state index in [9.17, 15) is 0 Å². The molecule has 12 heavy (non-hydrogen) atoms. The summed E-state index contributed by atoms with van der Waals surface area (Å²) in [5.74, 6) is 0. The number of rotatable bonds is 6. The second-order valence-corrected chi connectivity index (χ2v) is 2.33. The molecule has 0 aromatic heterocycles. The number of nitrogens with zero attached hydrogens (tertiary/aromatic N) is 1. The molecule has 0 aliphatic heterocycles. The molecule has 4 heteroatoms. The number of aliphatic hydroxyl groups excluding tert-OH is 1. The van der Waals surface area contributed by atoms with E-state index in [-0.39, 0.29) is 12.7 Å². The Morgan fingerprint density at radius 3 is 2.83 bits per heavy atom. The Morgan fingerprint density at radius 1 is 1.50 bits per heavy atom. The smallest absolute Gasteiger partial charge is 0.0855 e. The molecule has 2 N–H and O–H groups in total. The minimum absolute atomic E-state index is 0.0603. The molecule has 0 aliphatic carbocycles. The Kier molecular flexibility index (Phi) is 7.63. The van der Waals surface area contributed by atoms with E-state index >= 15 is 0 Å². The van der Waals surface area contributed by atoms with E-state index in [1.165, 1.54) is 6.21 Å². The van der Waals surface area contributed by atoms with Crippen molar-refractivity contribution in [1.82, 2.24) is 0 Å². The third kappa shape index (κ3) is 7.24. The molecule has 0 bridgehead atoms. The molecule has 0 unspecified atom stereocenters. The Morgan fingerprint density at radius 2 is 2.25 bits per heavy atom. The Labute approximate surface area is 72.2 Å². The fourth-order valence-electron chi connectivity index (χ4n) is 0.671. The monoisotopic (exact) mass is 173 g/mol. The quantitative estimate of drug-likeness (QED) is 0.270. The topological polar surface area (TPSA) is 62.0 Å². The maximum Gasteiger partial charge on any atom is 0.0855 e. The highest BCUT2D eigenvalue weighted by Crippen LogP contribution is 1.97. The van der Waals surface area contributed by atoms with Gasteiger partial charge in [-0.05, 0) is 13.3 Å². The maximum absolute atomic E-state index is 8.41. The summed E-state index contributed by atoms with van der Waals surface area (Å²) in [6.45, 7) is 2.28. The fraction of sp³-hybridized carbons (Fsp3) is 0.625. The van der Waals surface area contributed by atoms with Crippen LogP contribution in [-0.4, -0.2) is 35.8 Å². The van der Waals surface area contributed by atoms with Crippen LogP contribution in [0.15, 0.2) is 17.3 Å². The lowest BCUT2D eigenvalue weighted by molar-refractivity contribution is 0.0990. The van der Waals surface area contributed by atoms with Gasteiger partial charge in [-0.25, -0.2) is 0 Å². The van der Waals surface area contributed by atoms with Crippen LogP contribution >= 0.6 is 0 Å². The van der Waals surface area contributed by atoms with Gasteiger partial charge in [0.2, 0.25) is 0 Å². The predicted molar refractivity (Wildman–Crippen MR) is 46.5 cm³/mol. The number of oxime groups is 1. The third-order valence-corrected chi connectivity index (χ3v) is 1.28. The van der Waals surface area contributed by atoms with Crippen molar-refractivity contribution in [2.75, 3.05) is 13.2 Å². The van der Waals surface area contributed by atoms with Crippen molar-refractivity contribution in [3.05, 3.63) is 12.2 Å². The lowest BCUT2D eigenvalue weighted by Crippen LogP contribution is -2.08. The summed E-state index contributed by atoms with van der Waals surface area (Å²) in [6, 6.07) is 0. The van der Waals surface area contributed by atoms with Crippen LogP contribution in [0.3, 0.4) is 0 Å². The average molecular weight is 173 g/mol. The molecule has 0 radical (unpaired) electrons. The lowest BCUT2D eigenvalue weighted by Gasteiger charge is -2.07. The molecule has 1 atom stereocenters. The summed E-state index contributed by atoms with van der Waals surface area (Å²) in [6.07, 6.45) is 5.62. The molecule has 0 aromatic rings. The summed E-state index contributed by atoms with van der Waals surface area (Å²) >= 11 is 0. The van der Waals surface area contributed by atoms with E-state index in [1.54, 1.807) is 6.08 Å². The van der Waals surface area contributed by atoms with Crippen molar-refractivity contribution in [2.45, 2.75) is 19.4 Å². The standard InChI is InChI=1S/C8H15NO3/c1-8(4-2-3-6-10)12-7-5-9-11/h2-3,5,8,10-11H,4,6-7H2,1H3/b3-2+,9-5-/t8-/m0/s1. The van der Waals surface area contributed by atoms with Gasteiger partial charge < -0.3 is 15.1 Å². The van der Waals surface area contributed by atoms with Crippen molar-refractivity contribution in [3.8, 4) is 0 Å². The van der Waals surface area contributed by atoms with Gasteiger partial charge in [0.1, 0.15) is 0 Å². The van der Waals surface area contributed by atoms with Crippen molar-refractivity contribution in [3.63, 3.8) is 0 Å². The van der Waals surface area contributed by atoms with Crippen molar-refractivity contribution < 1.29 is 15.1 Å². The summed E-state index contributed by atoms with van der Waals surface area (Å²) in [5.41, 5.74) is 0.